The third kappa shape index (κ3) is 2.08. The van der Waals surface area contributed by atoms with Gasteiger partial charge < -0.3 is 5.32 Å². The van der Waals surface area contributed by atoms with Gasteiger partial charge in [0.15, 0.2) is 0 Å². The number of fused-ring (bicyclic) bond motifs is 1. The van der Waals surface area contributed by atoms with E-state index in [1.54, 1.807) is 6.33 Å². The van der Waals surface area contributed by atoms with Crippen LogP contribution in [0.25, 0.3) is 0 Å². The highest BCUT2D eigenvalue weighted by atomic mass is 15.0. The molecule has 1 N–H and O–H groups in total. The highest BCUT2D eigenvalue weighted by Gasteiger charge is 2.16. The van der Waals surface area contributed by atoms with Crippen molar-refractivity contribution in [3.8, 4) is 0 Å². The Morgan fingerprint density at radius 3 is 2.94 bits per heavy atom. The van der Waals surface area contributed by atoms with E-state index in [4.69, 9.17) is 0 Å². The predicted octanol–water partition coefficient (Wildman–Crippen LogP) is 2.89. The first-order valence-corrected chi connectivity index (χ1v) is 6.46. The lowest BCUT2D eigenvalue weighted by Crippen LogP contribution is -2.06. The van der Waals surface area contributed by atoms with Crippen LogP contribution in [0.2, 0.25) is 0 Å². The highest BCUT2D eigenvalue weighted by molar-refractivity contribution is 5.48. The van der Waals surface area contributed by atoms with Crippen LogP contribution in [0.5, 0.6) is 0 Å². The fourth-order valence-electron chi connectivity index (χ4n) is 2.50. The molecule has 0 unspecified atom stereocenters. The second-order valence-corrected chi connectivity index (χ2v) is 4.78. The monoisotopic (exact) mass is 239 g/mol. The zero-order chi connectivity index (χ0) is 12.4. The SMILES string of the molecule is Cc1ccccc1CNc1ncnc2c1CCC2. The third-order valence-corrected chi connectivity index (χ3v) is 3.58. The number of aromatic nitrogens is 2. The van der Waals surface area contributed by atoms with Gasteiger partial charge in [-0.25, -0.2) is 9.97 Å². The Morgan fingerprint density at radius 1 is 1.17 bits per heavy atom. The van der Waals surface area contributed by atoms with Crippen LogP contribution in [-0.4, -0.2) is 9.97 Å². The summed E-state index contributed by atoms with van der Waals surface area (Å²) >= 11 is 0. The molecule has 1 aliphatic rings. The molecule has 3 rings (SSSR count). The van der Waals surface area contributed by atoms with E-state index in [1.165, 1.54) is 28.8 Å². The normalized spacial score (nSPS) is 13.4. The van der Waals surface area contributed by atoms with Gasteiger partial charge in [-0.1, -0.05) is 24.3 Å². The minimum atomic E-state index is 0.829. The molecule has 0 spiro atoms. The van der Waals surface area contributed by atoms with E-state index in [0.717, 1.165) is 25.2 Å². The molecule has 1 aromatic carbocycles. The Hall–Kier alpha value is -1.90. The molecule has 0 radical (unpaired) electrons. The summed E-state index contributed by atoms with van der Waals surface area (Å²) in [5.41, 5.74) is 5.17. The molecular weight excluding hydrogens is 222 g/mol. The van der Waals surface area contributed by atoms with Crippen molar-refractivity contribution in [1.82, 2.24) is 9.97 Å². The number of nitrogens with one attached hydrogen (secondary N) is 1. The number of anilines is 1. The van der Waals surface area contributed by atoms with Crippen LogP contribution >= 0.6 is 0 Å². The van der Waals surface area contributed by atoms with Gasteiger partial charge in [-0.3, -0.25) is 0 Å². The van der Waals surface area contributed by atoms with Crippen molar-refractivity contribution in [3.05, 3.63) is 53.0 Å². The Morgan fingerprint density at radius 2 is 2.06 bits per heavy atom. The van der Waals surface area contributed by atoms with E-state index in [1.807, 2.05) is 0 Å². The summed E-state index contributed by atoms with van der Waals surface area (Å²) in [5.74, 6) is 1.01. The van der Waals surface area contributed by atoms with Gasteiger partial charge in [0.05, 0.1) is 0 Å². The zero-order valence-electron chi connectivity index (χ0n) is 10.6. The first-order valence-electron chi connectivity index (χ1n) is 6.46. The van der Waals surface area contributed by atoms with Gasteiger partial charge >= 0.3 is 0 Å². The number of nitrogens with zero attached hydrogens (tertiary/aromatic N) is 2. The number of aryl methyl sites for hydroxylation is 2. The summed E-state index contributed by atoms with van der Waals surface area (Å²) in [7, 11) is 0. The number of hydrogen-bond acceptors (Lipinski definition) is 3. The van der Waals surface area contributed by atoms with Gasteiger partial charge in [0.25, 0.3) is 0 Å². The lowest BCUT2D eigenvalue weighted by molar-refractivity contribution is 0.899. The summed E-state index contributed by atoms with van der Waals surface area (Å²) in [5, 5.41) is 3.45. The van der Waals surface area contributed by atoms with Gasteiger partial charge in [-0.2, -0.15) is 0 Å². The van der Waals surface area contributed by atoms with Crippen molar-refractivity contribution in [1.29, 1.82) is 0 Å². The minimum Gasteiger partial charge on any atom is -0.366 e. The van der Waals surface area contributed by atoms with Crippen molar-refractivity contribution in [3.63, 3.8) is 0 Å². The summed E-state index contributed by atoms with van der Waals surface area (Å²) in [4.78, 5) is 8.71. The van der Waals surface area contributed by atoms with E-state index in [-0.39, 0.29) is 0 Å². The quantitative estimate of drug-likeness (QED) is 0.895. The van der Waals surface area contributed by atoms with Gasteiger partial charge in [0.2, 0.25) is 0 Å². The van der Waals surface area contributed by atoms with Gasteiger partial charge in [-0.05, 0) is 37.3 Å². The summed E-state index contributed by atoms with van der Waals surface area (Å²) in [6.07, 6.45) is 5.07. The van der Waals surface area contributed by atoms with E-state index in [2.05, 4.69) is 46.5 Å². The maximum atomic E-state index is 4.37. The lowest BCUT2D eigenvalue weighted by Gasteiger charge is -2.11. The molecule has 3 nitrogen and oxygen atoms in total. The van der Waals surface area contributed by atoms with Crippen molar-refractivity contribution in [2.24, 2.45) is 0 Å². The van der Waals surface area contributed by atoms with Crippen LogP contribution in [0, 0.1) is 6.92 Å². The standard InChI is InChI=1S/C15H17N3/c1-11-5-2-3-6-12(11)9-16-15-13-7-4-8-14(13)17-10-18-15/h2-3,5-6,10H,4,7-9H2,1H3,(H,16,17,18). The lowest BCUT2D eigenvalue weighted by atomic mass is 10.1. The number of benzene rings is 1. The maximum Gasteiger partial charge on any atom is 0.133 e. The molecule has 0 saturated carbocycles. The zero-order valence-corrected chi connectivity index (χ0v) is 10.6. The van der Waals surface area contributed by atoms with E-state index >= 15 is 0 Å². The highest BCUT2D eigenvalue weighted by Crippen LogP contribution is 2.25. The number of hydrogen-bond donors (Lipinski definition) is 1. The van der Waals surface area contributed by atoms with E-state index in [0.29, 0.717) is 0 Å². The predicted molar refractivity (Wildman–Crippen MR) is 72.6 cm³/mol. The fraction of sp³-hybridized carbons (Fsp3) is 0.333. The number of rotatable bonds is 3. The van der Waals surface area contributed by atoms with Crippen LogP contribution in [0.15, 0.2) is 30.6 Å². The van der Waals surface area contributed by atoms with Crippen LogP contribution in [0.3, 0.4) is 0 Å². The van der Waals surface area contributed by atoms with Crippen molar-refractivity contribution >= 4 is 5.82 Å². The molecule has 1 heterocycles. The average Bonchev–Trinajstić information content (AvgIpc) is 2.86. The molecule has 0 fully saturated rings. The molecule has 3 heteroatoms. The molecular formula is C15H17N3. The summed E-state index contributed by atoms with van der Waals surface area (Å²) in [6.45, 7) is 2.97. The fourth-order valence-corrected chi connectivity index (χ4v) is 2.50. The van der Waals surface area contributed by atoms with Crippen LogP contribution in [0.4, 0.5) is 5.82 Å². The Bertz CT molecular complexity index is 563. The maximum absolute atomic E-state index is 4.37. The second kappa shape index (κ2) is 4.77. The topological polar surface area (TPSA) is 37.8 Å². The molecule has 0 atom stereocenters. The molecule has 0 bridgehead atoms. The molecule has 1 aliphatic carbocycles. The molecule has 1 aromatic heterocycles. The van der Waals surface area contributed by atoms with Crippen molar-refractivity contribution < 1.29 is 0 Å². The Labute approximate surface area is 107 Å². The molecule has 18 heavy (non-hydrogen) atoms. The smallest absolute Gasteiger partial charge is 0.133 e. The summed E-state index contributed by atoms with van der Waals surface area (Å²) in [6, 6.07) is 8.45. The van der Waals surface area contributed by atoms with Crippen LogP contribution in [0.1, 0.15) is 28.8 Å². The Balaban J connectivity index is 1.78. The van der Waals surface area contributed by atoms with Crippen molar-refractivity contribution in [2.75, 3.05) is 5.32 Å². The average molecular weight is 239 g/mol. The van der Waals surface area contributed by atoms with E-state index < -0.39 is 0 Å². The van der Waals surface area contributed by atoms with Crippen molar-refractivity contribution in [2.45, 2.75) is 32.7 Å². The first kappa shape index (κ1) is 11.2. The van der Waals surface area contributed by atoms with Crippen LogP contribution in [-0.2, 0) is 19.4 Å². The van der Waals surface area contributed by atoms with E-state index in [9.17, 15) is 0 Å². The third-order valence-electron chi connectivity index (χ3n) is 3.58. The minimum absolute atomic E-state index is 0.829. The molecule has 0 aliphatic heterocycles. The van der Waals surface area contributed by atoms with Gasteiger partial charge in [0, 0.05) is 17.8 Å². The largest absolute Gasteiger partial charge is 0.366 e. The molecule has 2 aromatic rings. The molecule has 0 amide bonds. The molecule has 0 saturated heterocycles. The first-order chi connectivity index (χ1) is 8.84. The van der Waals surface area contributed by atoms with Gasteiger partial charge in [0.1, 0.15) is 12.1 Å². The Kier molecular flexibility index (Phi) is 2.97. The van der Waals surface area contributed by atoms with Crippen LogP contribution < -0.4 is 5.32 Å². The van der Waals surface area contributed by atoms with Gasteiger partial charge in [-0.15, -0.1) is 0 Å². The second-order valence-electron chi connectivity index (χ2n) is 4.78. The molecule has 92 valence electrons. The summed E-state index contributed by atoms with van der Waals surface area (Å²) < 4.78 is 0.